The van der Waals surface area contributed by atoms with Gasteiger partial charge in [0.25, 0.3) is 0 Å². The van der Waals surface area contributed by atoms with Crippen LogP contribution in [0.1, 0.15) is 6.42 Å². The molecule has 42 heavy (non-hydrogen) atoms. The van der Waals surface area contributed by atoms with Crippen LogP contribution in [-0.2, 0) is 0 Å². The molecule has 2 aromatic carbocycles. The third kappa shape index (κ3) is 4.50. The van der Waals surface area contributed by atoms with Crippen molar-refractivity contribution >= 4 is 11.4 Å². The van der Waals surface area contributed by atoms with E-state index in [9.17, 15) is 0 Å². The first-order valence-electron chi connectivity index (χ1n) is 15.1. The summed E-state index contributed by atoms with van der Waals surface area (Å²) in [5.41, 5.74) is 6.66. The fourth-order valence-corrected chi connectivity index (χ4v) is 6.93. The maximum absolute atomic E-state index is 2.66. The van der Waals surface area contributed by atoms with Crippen LogP contribution in [0, 0.1) is 12.3 Å². The largest absolute Gasteiger partial charge is 0.401 e. The first kappa shape index (κ1) is 25.1. The molecule has 0 bridgehead atoms. The minimum absolute atomic E-state index is 0.247. The topological polar surface area (TPSA) is 22.7 Å². The fourth-order valence-electron chi connectivity index (χ4n) is 6.93. The number of allylic oxidation sites excluding steroid dienone is 2. The van der Waals surface area contributed by atoms with E-state index >= 15 is 0 Å². The van der Waals surface area contributed by atoms with Crippen molar-refractivity contribution in [3.8, 4) is 0 Å². The molecule has 0 amide bonds. The SMILES string of the molecule is C1=C[C-]2C(=C[CH-]1)N1C=CN3CCN(CCN4C=CN(c5ccccc5)C4)CCC(=C2N2C=CN(c4ccccc4)C2)C31. The van der Waals surface area contributed by atoms with Gasteiger partial charge in [0.05, 0.1) is 19.5 Å². The summed E-state index contributed by atoms with van der Waals surface area (Å²) in [5, 5.41) is 0. The maximum atomic E-state index is 2.66. The Bertz CT molecular complexity index is 1470. The zero-order chi connectivity index (χ0) is 27.9. The Balaban J connectivity index is 1.02. The zero-order valence-corrected chi connectivity index (χ0v) is 23.9. The van der Waals surface area contributed by atoms with E-state index in [2.05, 4.69) is 157 Å². The standard InChI is InChI=1S/C35H37N7/c1-3-9-29(10-4-1)39-22-20-37(27-39)18-17-36-16-15-32-34(41-24-23-40(28-41)30-11-5-2-6-12-30)31-13-7-8-14-33(31)42-26-25-38(21-19-36)35(32)42/h1-14,20,22-26,35H,15-19,21,27-28H2/q-2. The molecule has 1 saturated heterocycles. The Hall–Kier alpha value is -4.62. The summed E-state index contributed by atoms with van der Waals surface area (Å²) in [4.78, 5) is 17.3. The number of benzene rings is 2. The third-order valence-corrected chi connectivity index (χ3v) is 9.11. The molecule has 214 valence electrons. The molecule has 7 nitrogen and oxygen atoms in total. The van der Waals surface area contributed by atoms with Crippen molar-refractivity contribution in [2.75, 3.05) is 55.9 Å². The molecule has 5 heterocycles. The van der Waals surface area contributed by atoms with Gasteiger partial charge in [0.2, 0.25) is 0 Å². The van der Waals surface area contributed by atoms with Gasteiger partial charge in [-0.25, -0.2) is 12.2 Å². The molecule has 1 unspecified atom stereocenters. The minimum atomic E-state index is 0.247. The molecule has 1 aliphatic carbocycles. The second-order valence-electron chi connectivity index (χ2n) is 11.6. The normalized spacial score (nSPS) is 23.0. The van der Waals surface area contributed by atoms with Crippen LogP contribution >= 0.6 is 0 Å². The highest BCUT2D eigenvalue weighted by Crippen LogP contribution is 2.47. The monoisotopic (exact) mass is 555 g/mol. The van der Waals surface area contributed by atoms with E-state index in [0.29, 0.717) is 0 Å². The first-order valence-corrected chi connectivity index (χ1v) is 15.1. The second-order valence-corrected chi connectivity index (χ2v) is 11.6. The van der Waals surface area contributed by atoms with Crippen molar-refractivity contribution < 1.29 is 0 Å². The Morgan fingerprint density at radius 3 is 2.26 bits per heavy atom. The third-order valence-electron chi connectivity index (χ3n) is 9.11. The number of anilines is 2. The van der Waals surface area contributed by atoms with Crippen molar-refractivity contribution in [2.24, 2.45) is 0 Å². The van der Waals surface area contributed by atoms with Crippen LogP contribution in [0.25, 0.3) is 0 Å². The maximum Gasteiger partial charge on any atom is 0.0972 e. The Kier molecular flexibility index (Phi) is 6.37. The Morgan fingerprint density at radius 1 is 0.714 bits per heavy atom. The molecule has 7 heteroatoms. The van der Waals surface area contributed by atoms with E-state index in [4.69, 9.17) is 0 Å². The van der Waals surface area contributed by atoms with Crippen LogP contribution in [0.15, 0.2) is 133 Å². The van der Waals surface area contributed by atoms with Crippen LogP contribution in [0.3, 0.4) is 0 Å². The molecule has 1 atom stereocenters. The summed E-state index contributed by atoms with van der Waals surface area (Å²) in [5.74, 6) is 1.32. The van der Waals surface area contributed by atoms with Gasteiger partial charge in [-0.05, 0) is 37.2 Å². The summed E-state index contributed by atoms with van der Waals surface area (Å²) < 4.78 is 0. The lowest BCUT2D eigenvalue weighted by Crippen LogP contribution is -2.51. The van der Waals surface area contributed by atoms with E-state index in [1.807, 2.05) is 0 Å². The quantitative estimate of drug-likeness (QED) is 0.457. The Morgan fingerprint density at radius 2 is 1.45 bits per heavy atom. The van der Waals surface area contributed by atoms with Crippen molar-refractivity contribution in [1.82, 2.24) is 24.5 Å². The van der Waals surface area contributed by atoms with Gasteiger partial charge in [-0.2, -0.15) is 5.92 Å². The summed E-state index contributed by atoms with van der Waals surface area (Å²) in [6.45, 7) is 6.98. The molecular weight excluding hydrogens is 518 g/mol. The van der Waals surface area contributed by atoms with E-state index in [-0.39, 0.29) is 6.17 Å². The van der Waals surface area contributed by atoms with Crippen LogP contribution in [0.4, 0.5) is 11.4 Å². The molecule has 0 radical (unpaired) electrons. The number of para-hydroxylation sites is 2. The summed E-state index contributed by atoms with van der Waals surface area (Å²) in [6, 6.07) is 21.3. The van der Waals surface area contributed by atoms with Gasteiger partial charge in [0.15, 0.2) is 0 Å². The molecule has 6 aliphatic rings. The van der Waals surface area contributed by atoms with Crippen molar-refractivity contribution in [1.29, 1.82) is 0 Å². The van der Waals surface area contributed by atoms with E-state index in [1.54, 1.807) is 0 Å². The van der Waals surface area contributed by atoms with Gasteiger partial charge in [-0.1, -0.05) is 47.7 Å². The molecule has 2 aromatic rings. The number of fused-ring (bicyclic) bond motifs is 2. The van der Waals surface area contributed by atoms with E-state index in [0.717, 1.165) is 52.5 Å². The lowest BCUT2D eigenvalue weighted by molar-refractivity contribution is 0.142. The van der Waals surface area contributed by atoms with E-state index in [1.165, 1.54) is 34.3 Å². The van der Waals surface area contributed by atoms with E-state index < -0.39 is 0 Å². The number of hydrogen-bond donors (Lipinski definition) is 0. The highest BCUT2D eigenvalue weighted by atomic mass is 15.4. The van der Waals surface area contributed by atoms with Gasteiger partial charge in [0, 0.05) is 74.8 Å². The number of nitrogens with zero attached hydrogens (tertiary/aromatic N) is 7. The van der Waals surface area contributed by atoms with Gasteiger partial charge >= 0.3 is 0 Å². The van der Waals surface area contributed by atoms with Crippen LogP contribution in [0.5, 0.6) is 0 Å². The molecule has 0 spiro atoms. The smallest absolute Gasteiger partial charge is 0.0972 e. The predicted molar refractivity (Wildman–Crippen MR) is 169 cm³/mol. The number of hydrogen-bond acceptors (Lipinski definition) is 7. The number of rotatable bonds is 6. The first-order chi connectivity index (χ1) is 20.8. The van der Waals surface area contributed by atoms with Crippen LogP contribution in [0.2, 0.25) is 0 Å². The zero-order valence-electron chi connectivity index (χ0n) is 23.9. The van der Waals surface area contributed by atoms with Crippen molar-refractivity contribution in [3.63, 3.8) is 0 Å². The molecule has 8 rings (SSSR count). The minimum Gasteiger partial charge on any atom is -0.401 e. The highest BCUT2D eigenvalue weighted by molar-refractivity contribution is 5.60. The lowest BCUT2D eigenvalue weighted by Gasteiger charge is -2.56. The Labute approximate surface area is 249 Å². The van der Waals surface area contributed by atoms with Gasteiger partial charge in [-0.3, -0.25) is 12.5 Å². The average molecular weight is 556 g/mol. The molecule has 5 aliphatic heterocycles. The van der Waals surface area contributed by atoms with Crippen LogP contribution in [-0.4, -0.2) is 76.7 Å². The molecular formula is C35H37N7-2. The fraction of sp³-hybridized carbons (Fsp3) is 0.257. The van der Waals surface area contributed by atoms with Gasteiger partial charge in [-0.15, -0.1) is 5.70 Å². The van der Waals surface area contributed by atoms with Gasteiger partial charge in [0.1, 0.15) is 0 Å². The highest BCUT2D eigenvalue weighted by Gasteiger charge is 2.37. The summed E-state index contributed by atoms with van der Waals surface area (Å²) in [7, 11) is 0. The average Bonchev–Trinajstić information content (AvgIpc) is 3.81. The van der Waals surface area contributed by atoms with Crippen LogP contribution < -0.4 is 9.80 Å². The summed E-state index contributed by atoms with van der Waals surface area (Å²) >= 11 is 0. The van der Waals surface area contributed by atoms with Crippen molar-refractivity contribution in [3.05, 3.63) is 145 Å². The summed E-state index contributed by atoms with van der Waals surface area (Å²) in [6.07, 6.45) is 23.8. The molecule has 0 saturated carbocycles. The predicted octanol–water partition coefficient (Wildman–Crippen LogP) is 5.11. The molecule has 0 N–H and O–H groups in total. The molecule has 0 aromatic heterocycles. The molecule has 1 fully saturated rings. The van der Waals surface area contributed by atoms with Crippen molar-refractivity contribution in [2.45, 2.75) is 12.6 Å². The van der Waals surface area contributed by atoms with Gasteiger partial charge < -0.3 is 34.3 Å². The second kappa shape index (κ2) is 10.7. The lowest BCUT2D eigenvalue weighted by atomic mass is 9.84.